The average Bonchev–Trinajstić information content (AvgIpc) is 2.74. The highest BCUT2D eigenvalue weighted by molar-refractivity contribution is 6.30. The maximum Gasteiger partial charge on any atom is 0.343 e. The molecule has 3 aromatic rings. The number of non-ortho nitro benzene ring substituents is 1. The molecule has 0 unspecified atom stereocenters. The first-order valence-electron chi connectivity index (χ1n) is 8.58. The van der Waals surface area contributed by atoms with Crippen molar-refractivity contribution >= 4 is 35.4 Å². The maximum absolute atomic E-state index is 12.2. The van der Waals surface area contributed by atoms with Crippen LogP contribution in [0.15, 0.2) is 77.9 Å². The number of rotatable bonds is 6. The van der Waals surface area contributed by atoms with E-state index in [1.165, 1.54) is 30.5 Å². The highest BCUT2D eigenvalue weighted by Gasteiger charge is 2.11. The van der Waals surface area contributed by atoms with Crippen LogP contribution in [0, 0.1) is 10.1 Å². The van der Waals surface area contributed by atoms with Crippen molar-refractivity contribution < 1.29 is 19.2 Å². The van der Waals surface area contributed by atoms with Gasteiger partial charge in [0.15, 0.2) is 0 Å². The normalized spacial score (nSPS) is 10.6. The minimum absolute atomic E-state index is 0.120. The van der Waals surface area contributed by atoms with Crippen LogP contribution in [-0.4, -0.2) is 23.0 Å². The number of hydrogen-bond donors (Lipinski definition) is 1. The van der Waals surface area contributed by atoms with E-state index in [0.717, 1.165) is 0 Å². The summed E-state index contributed by atoms with van der Waals surface area (Å²) in [6, 6.07) is 17.9. The zero-order valence-electron chi connectivity index (χ0n) is 15.3. The summed E-state index contributed by atoms with van der Waals surface area (Å²) in [5.41, 5.74) is 3.44. The van der Waals surface area contributed by atoms with Crippen molar-refractivity contribution in [1.82, 2.24) is 5.43 Å². The largest absolute Gasteiger partial charge is 0.423 e. The molecule has 30 heavy (non-hydrogen) atoms. The highest BCUT2D eigenvalue weighted by atomic mass is 35.5. The number of hydrogen-bond acceptors (Lipinski definition) is 6. The first-order valence-corrected chi connectivity index (χ1v) is 8.96. The molecule has 3 rings (SSSR count). The van der Waals surface area contributed by atoms with Crippen LogP contribution in [0.4, 0.5) is 5.69 Å². The number of benzene rings is 3. The van der Waals surface area contributed by atoms with Gasteiger partial charge in [-0.3, -0.25) is 14.9 Å². The molecule has 0 saturated heterocycles. The van der Waals surface area contributed by atoms with Gasteiger partial charge in [-0.25, -0.2) is 10.2 Å². The van der Waals surface area contributed by atoms with Crippen LogP contribution < -0.4 is 10.2 Å². The van der Waals surface area contributed by atoms with Gasteiger partial charge in [0, 0.05) is 22.7 Å². The van der Waals surface area contributed by atoms with Gasteiger partial charge in [-0.1, -0.05) is 23.7 Å². The van der Waals surface area contributed by atoms with E-state index in [9.17, 15) is 19.7 Å². The van der Waals surface area contributed by atoms with Crippen LogP contribution in [0.1, 0.15) is 26.3 Å². The molecule has 0 saturated carbocycles. The zero-order valence-corrected chi connectivity index (χ0v) is 16.1. The van der Waals surface area contributed by atoms with Crippen LogP contribution in [-0.2, 0) is 0 Å². The lowest BCUT2D eigenvalue weighted by molar-refractivity contribution is -0.384. The molecule has 0 radical (unpaired) electrons. The molecule has 0 aliphatic rings. The third kappa shape index (κ3) is 5.49. The van der Waals surface area contributed by atoms with E-state index in [0.29, 0.717) is 16.1 Å². The average molecular weight is 424 g/mol. The van der Waals surface area contributed by atoms with E-state index in [4.69, 9.17) is 16.3 Å². The zero-order chi connectivity index (χ0) is 21.5. The van der Waals surface area contributed by atoms with Gasteiger partial charge in [0.25, 0.3) is 11.6 Å². The molecule has 9 heteroatoms. The third-order valence-corrected chi connectivity index (χ3v) is 4.12. The van der Waals surface area contributed by atoms with Crippen molar-refractivity contribution in [3.63, 3.8) is 0 Å². The van der Waals surface area contributed by atoms with Gasteiger partial charge in [0.1, 0.15) is 5.75 Å². The summed E-state index contributed by atoms with van der Waals surface area (Å²) in [5.74, 6) is -0.801. The molecular formula is C21H14ClN3O5. The first kappa shape index (κ1) is 20.7. The van der Waals surface area contributed by atoms with Crippen molar-refractivity contribution in [2.45, 2.75) is 0 Å². The minimum atomic E-state index is -0.657. The van der Waals surface area contributed by atoms with Gasteiger partial charge >= 0.3 is 5.97 Å². The Kier molecular flexibility index (Phi) is 6.51. The quantitative estimate of drug-likeness (QED) is 0.210. The lowest BCUT2D eigenvalue weighted by Crippen LogP contribution is -2.17. The molecule has 8 nitrogen and oxygen atoms in total. The number of halogens is 1. The van der Waals surface area contributed by atoms with Crippen molar-refractivity contribution in [3.8, 4) is 5.75 Å². The monoisotopic (exact) mass is 423 g/mol. The maximum atomic E-state index is 12.2. The first-order chi connectivity index (χ1) is 14.4. The Morgan fingerprint density at radius 2 is 1.67 bits per heavy atom. The predicted molar refractivity (Wildman–Crippen MR) is 111 cm³/mol. The van der Waals surface area contributed by atoms with Gasteiger partial charge in [-0.05, 0) is 54.1 Å². The number of nitrogens with zero attached hydrogens (tertiary/aromatic N) is 2. The summed E-state index contributed by atoms with van der Waals surface area (Å²) in [4.78, 5) is 34.3. The van der Waals surface area contributed by atoms with E-state index in [1.807, 2.05) is 0 Å². The molecule has 0 heterocycles. The van der Waals surface area contributed by atoms with Crippen LogP contribution in [0.2, 0.25) is 5.02 Å². The van der Waals surface area contributed by atoms with Crippen LogP contribution >= 0.6 is 11.6 Å². The Morgan fingerprint density at radius 1 is 1.00 bits per heavy atom. The number of ether oxygens (including phenoxy) is 1. The molecule has 0 bridgehead atoms. The Labute approximate surface area is 175 Å². The van der Waals surface area contributed by atoms with Gasteiger partial charge in [0.05, 0.1) is 16.7 Å². The summed E-state index contributed by atoms with van der Waals surface area (Å²) in [6.07, 6.45) is 1.40. The van der Waals surface area contributed by atoms with Crippen molar-refractivity contribution in [2.24, 2.45) is 5.10 Å². The summed E-state index contributed by atoms with van der Waals surface area (Å²) >= 11 is 5.79. The van der Waals surface area contributed by atoms with Crippen LogP contribution in [0.25, 0.3) is 0 Å². The molecule has 0 atom stereocenters. The molecule has 0 fully saturated rings. The second kappa shape index (κ2) is 9.44. The molecule has 0 spiro atoms. The molecule has 150 valence electrons. The van der Waals surface area contributed by atoms with Crippen molar-refractivity contribution in [3.05, 3.63) is 105 Å². The van der Waals surface area contributed by atoms with Crippen LogP contribution in [0.5, 0.6) is 5.75 Å². The van der Waals surface area contributed by atoms with Gasteiger partial charge < -0.3 is 4.74 Å². The fraction of sp³-hybridized carbons (Fsp3) is 0. The third-order valence-electron chi connectivity index (χ3n) is 3.87. The molecule has 0 aromatic heterocycles. The second-order valence-electron chi connectivity index (χ2n) is 5.97. The van der Waals surface area contributed by atoms with Gasteiger partial charge in [-0.15, -0.1) is 0 Å². The molecule has 1 amide bonds. The topological polar surface area (TPSA) is 111 Å². The summed E-state index contributed by atoms with van der Waals surface area (Å²) in [5, 5.41) is 15.1. The summed E-state index contributed by atoms with van der Waals surface area (Å²) in [6.45, 7) is 0. The fourth-order valence-electron chi connectivity index (χ4n) is 2.37. The predicted octanol–water partition coefficient (Wildman–Crippen LogP) is 4.23. The van der Waals surface area contributed by atoms with Crippen LogP contribution in [0.3, 0.4) is 0 Å². The Morgan fingerprint density at radius 3 is 2.33 bits per heavy atom. The second-order valence-corrected chi connectivity index (χ2v) is 6.41. The Bertz CT molecular complexity index is 1110. The van der Waals surface area contributed by atoms with E-state index >= 15 is 0 Å². The Hall–Kier alpha value is -4.04. The van der Waals surface area contributed by atoms with Gasteiger partial charge in [0.2, 0.25) is 0 Å². The number of carbonyl (C=O) groups excluding carboxylic acids is 2. The lowest BCUT2D eigenvalue weighted by Gasteiger charge is -2.05. The number of nitrogens with one attached hydrogen (secondary N) is 1. The van der Waals surface area contributed by atoms with E-state index in [2.05, 4.69) is 10.5 Å². The number of amides is 1. The number of carbonyl (C=O) groups is 2. The van der Waals surface area contributed by atoms with E-state index < -0.39 is 16.8 Å². The fourth-order valence-corrected chi connectivity index (χ4v) is 2.50. The van der Waals surface area contributed by atoms with E-state index in [1.54, 1.807) is 48.5 Å². The lowest BCUT2D eigenvalue weighted by atomic mass is 10.2. The molecule has 3 aromatic carbocycles. The highest BCUT2D eigenvalue weighted by Crippen LogP contribution is 2.17. The summed E-state index contributed by atoms with van der Waals surface area (Å²) < 4.78 is 5.28. The smallest absolute Gasteiger partial charge is 0.343 e. The van der Waals surface area contributed by atoms with Crippen molar-refractivity contribution in [1.29, 1.82) is 0 Å². The Balaban J connectivity index is 1.61. The molecule has 1 N–H and O–H groups in total. The molecular weight excluding hydrogens is 410 g/mol. The number of esters is 1. The standard InChI is InChI=1S/C21H14ClN3O5/c22-17-8-4-15(5-9-17)20(26)24-23-13-14-2-1-3-19(12-14)30-21(27)16-6-10-18(11-7-16)25(28)29/h1-13H,(H,24,26). The number of nitro benzene ring substituents is 1. The number of hydrazone groups is 1. The molecule has 0 aliphatic heterocycles. The summed E-state index contributed by atoms with van der Waals surface area (Å²) in [7, 11) is 0. The van der Waals surface area contributed by atoms with Crippen molar-refractivity contribution in [2.75, 3.05) is 0 Å². The number of nitro groups is 1. The minimum Gasteiger partial charge on any atom is -0.423 e. The molecule has 0 aliphatic carbocycles. The van der Waals surface area contributed by atoms with Gasteiger partial charge in [-0.2, -0.15) is 5.10 Å². The SMILES string of the molecule is O=C(NN=Cc1cccc(OC(=O)c2ccc([N+](=O)[O-])cc2)c1)c1ccc(Cl)cc1. The van der Waals surface area contributed by atoms with E-state index in [-0.39, 0.29) is 17.0 Å².